The van der Waals surface area contributed by atoms with Crippen LogP contribution in [-0.4, -0.2) is 23.7 Å². The number of rotatable bonds is 18. The highest BCUT2D eigenvalue weighted by Gasteiger charge is 2.16. The van der Waals surface area contributed by atoms with Gasteiger partial charge in [0.2, 0.25) is 0 Å². The fourth-order valence-corrected chi connectivity index (χ4v) is 3.48. The largest absolute Gasteiger partial charge is 0.478 e. The van der Waals surface area contributed by atoms with Crippen molar-refractivity contribution in [3.8, 4) is 0 Å². The summed E-state index contributed by atoms with van der Waals surface area (Å²) in [5.41, 5.74) is 0.0792. The molecule has 1 aromatic rings. The van der Waals surface area contributed by atoms with Crippen molar-refractivity contribution in [3.05, 3.63) is 47.5 Å². The molecule has 0 spiro atoms. The molecule has 0 saturated heterocycles. The van der Waals surface area contributed by atoms with Gasteiger partial charge in [-0.1, -0.05) is 102 Å². The molecule has 0 heterocycles. The monoisotopic (exact) mass is 416 g/mol. The molecule has 4 nitrogen and oxygen atoms in total. The van der Waals surface area contributed by atoms with E-state index in [0.29, 0.717) is 6.42 Å². The number of esters is 1. The Morgan fingerprint density at radius 2 is 1.27 bits per heavy atom. The number of carboxylic acid groups (broad SMARTS) is 1. The minimum Gasteiger partial charge on any atom is -0.478 e. The Hall–Kier alpha value is -2.10. The molecule has 0 aliphatic rings. The Morgan fingerprint density at radius 3 is 1.83 bits per heavy atom. The molecule has 1 aromatic carbocycles. The second kappa shape index (κ2) is 17.7. The van der Waals surface area contributed by atoms with Crippen molar-refractivity contribution < 1.29 is 19.4 Å². The van der Waals surface area contributed by atoms with E-state index in [2.05, 4.69) is 13.0 Å². The van der Waals surface area contributed by atoms with Crippen LogP contribution in [0.25, 0.3) is 0 Å². The topological polar surface area (TPSA) is 63.6 Å². The molecule has 168 valence electrons. The third-order valence-electron chi connectivity index (χ3n) is 5.29. The lowest BCUT2D eigenvalue weighted by Crippen LogP contribution is -2.11. The van der Waals surface area contributed by atoms with Crippen LogP contribution in [0.3, 0.4) is 0 Å². The summed E-state index contributed by atoms with van der Waals surface area (Å²) < 4.78 is 5.18. The average molecular weight is 417 g/mol. The maximum absolute atomic E-state index is 12.0. The fourth-order valence-electron chi connectivity index (χ4n) is 3.48. The Labute approximate surface area is 182 Å². The molecule has 0 radical (unpaired) electrons. The zero-order chi connectivity index (χ0) is 21.9. The zero-order valence-electron chi connectivity index (χ0n) is 18.7. The van der Waals surface area contributed by atoms with Crippen molar-refractivity contribution >= 4 is 11.9 Å². The lowest BCUT2D eigenvalue weighted by Gasteiger charge is -2.05. The van der Waals surface area contributed by atoms with Gasteiger partial charge in [0.1, 0.15) is 0 Å². The number of benzene rings is 1. The third kappa shape index (κ3) is 12.5. The molecule has 0 unspecified atom stereocenters. The lowest BCUT2D eigenvalue weighted by molar-refractivity contribution is 0.0500. The summed E-state index contributed by atoms with van der Waals surface area (Å²) in [5, 5.41) is 9.12. The van der Waals surface area contributed by atoms with Crippen molar-refractivity contribution in [1.82, 2.24) is 0 Å². The van der Waals surface area contributed by atoms with Gasteiger partial charge in [-0.25, -0.2) is 9.59 Å². The summed E-state index contributed by atoms with van der Waals surface area (Å²) in [7, 11) is 0. The number of carboxylic acids is 1. The van der Waals surface area contributed by atoms with Crippen LogP contribution in [0, 0.1) is 0 Å². The number of carbonyl (C=O) groups excluding carboxylic acids is 1. The molecule has 0 amide bonds. The molecule has 0 fully saturated rings. The summed E-state index contributed by atoms with van der Waals surface area (Å²) in [6.45, 7) is 2.53. The van der Waals surface area contributed by atoms with E-state index in [0.717, 1.165) is 6.42 Å². The molecular formula is C26H40O4. The van der Waals surface area contributed by atoms with Gasteiger partial charge in [0.25, 0.3) is 0 Å². The predicted octanol–water partition coefficient (Wildman–Crippen LogP) is 7.58. The Balaban J connectivity index is 1.95. The number of hydrogen-bond acceptors (Lipinski definition) is 3. The van der Waals surface area contributed by atoms with Gasteiger partial charge in [-0.2, -0.15) is 0 Å². The first-order chi connectivity index (χ1) is 14.7. The first-order valence-corrected chi connectivity index (χ1v) is 11.8. The summed E-state index contributed by atoms with van der Waals surface area (Å²) in [6, 6.07) is 6.12. The molecule has 4 heteroatoms. The number of unbranched alkanes of at least 4 members (excludes halogenated alkanes) is 12. The van der Waals surface area contributed by atoms with Crippen molar-refractivity contribution in [3.63, 3.8) is 0 Å². The number of carbonyl (C=O) groups is 2. The second-order valence-electron chi connectivity index (χ2n) is 7.92. The molecule has 1 N–H and O–H groups in total. The molecular weight excluding hydrogens is 376 g/mol. The normalized spacial score (nSPS) is 11.1. The molecule has 0 aliphatic heterocycles. The predicted molar refractivity (Wildman–Crippen MR) is 123 cm³/mol. The Morgan fingerprint density at radius 1 is 0.767 bits per heavy atom. The van der Waals surface area contributed by atoms with Crippen molar-refractivity contribution in [2.45, 2.75) is 96.8 Å². The summed E-state index contributed by atoms with van der Waals surface area (Å²) in [4.78, 5) is 23.2. The van der Waals surface area contributed by atoms with Gasteiger partial charge >= 0.3 is 11.9 Å². The molecule has 0 atom stereocenters. The van der Waals surface area contributed by atoms with E-state index in [1.54, 1.807) is 12.1 Å². The number of hydrogen-bond donors (Lipinski definition) is 1. The molecule has 0 aromatic heterocycles. The summed E-state index contributed by atoms with van der Waals surface area (Å²) in [5.74, 6) is -1.70. The van der Waals surface area contributed by atoms with Gasteiger partial charge in [0, 0.05) is 0 Å². The maximum atomic E-state index is 12.0. The quantitative estimate of drug-likeness (QED) is 0.152. The Bertz CT molecular complexity index is 621. The molecule has 30 heavy (non-hydrogen) atoms. The van der Waals surface area contributed by atoms with Crippen LogP contribution in [-0.2, 0) is 4.74 Å². The van der Waals surface area contributed by atoms with Crippen molar-refractivity contribution in [1.29, 1.82) is 0 Å². The summed E-state index contributed by atoms with van der Waals surface area (Å²) >= 11 is 0. The minimum atomic E-state index is -1.12. The van der Waals surface area contributed by atoms with Crippen LogP contribution >= 0.6 is 0 Å². The number of ether oxygens (including phenoxy) is 1. The third-order valence-corrected chi connectivity index (χ3v) is 5.29. The van der Waals surface area contributed by atoms with Crippen LogP contribution in [0.5, 0.6) is 0 Å². The van der Waals surface area contributed by atoms with Gasteiger partial charge in [-0.3, -0.25) is 0 Å². The molecule has 0 aliphatic carbocycles. The van der Waals surface area contributed by atoms with Crippen LogP contribution in [0.4, 0.5) is 0 Å². The van der Waals surface area contributed by atoms with Crippen molar-refractivity contribution in [2.24, 2.45) is 0 Å². The SMILES string of the molecule is CCCCCCCCCCCCCC/C=C/CCOC(=O)c1ccccc1C(=O)O. The Kier molecular flexibility index (Phi) is 15.3. The minimum absolute atomic E-state index is 0.0231. The zero-order valence-corrected chi connectivity index (χ0v) is 18.7. The molecule has 0 saturated carbocycles. The number of allylic oxidation sites excluding steroid dienone is 1. The number of aromatic carboxylic acids is 1. The van der Waals surface area contributed by atoms with E-state index in [-0.39, 0.29) is 17.7 Å². The fraction of sp³-hybridized carbons (Fsp3) is 0.615. The average Bonchev–Trinajstić information content (AvgIpc) is 2.75. The van der Waals surface area contributed by atoms with Crippen LogP contribution < -0.4 is 0 Å². The van der Waals surface area contributed by atoms with Gasteiger partial charge < -0.3 is 9.84 Å². The smallest absolute Gasteiger partial charge is 0.339 e. The van der Waals surface area contributed by atoms with Gasteiger partial charge in [-0.05, 0) is 31.4 Å². The van der Waals surface area contributed by atoms with E-state index >= 15 is 0 Å². The second-order valence-corrected chi connectivity index (χ2v) is 7.92. The highest BCUT2D eigenvalue weighted by Crippen LogP contribution is 2.13. The van der Waals surface area contributed by atoms with E-state index in [1.165, 1.54) is 89.2 Å². The van der Waals surface area contributed by atoms with Gasteiger partial charge in [-0.15, -0.1) is 0 Å². The van der Waals surface area contributed by atoms with E-state index in [1.807, 2.05) is 6.08 Å². The highest BCUT2D eigenvalue weighted by molar-refractivity contribution is 6.02. The highest BCUT2D eigenvalue weighted by atomic mass is 16.5. The van der Waals surface area contributed by atoms with E-state index in [9.17, 15) is 9.59 Å². The van der Waals surface area contributed by atoms with Gasteiger partial charge in [0.05, 0.1) is 17.7 Å². The standard InChI is InChI=1S/C26H40O4/c1-2-3-4-5-6-7-8-9-10-11-12-13-14-15-16-19-22-30-26(29)24-21-18-17-20-23(24)25(27)28/h15-18,20-21H,2-14,19,22H2,1H3,(H,27,28)/b16-15+. The van der Waals surface area contributed by atoms with Crippen LogP contribution in [0.15, 0.2) is 36.4 Å². The first kappa shape index (κ1) is 25.9. The molecule has 0 bridgehead atoms. The lowest BCUT2D eigenvalue weighted by atomic mass is 10.0. The van der Waals surface area contributed by atoms with Crippen LogP contribution in [0.2, 0.25) is 0 Å². The van der Waals surface area contributed by atoms with E-state index < -0.39 is 11.9 Å². The summed E-state index contributed by atoms with van der Waals surface area (Å²) in [6.07, 6.45) is 22.2. The molecule has 1 rings (SSSR count). The van der Waals surface area contributed by atoms with Crippen LogP contribution in [0.1, 0.15) is 118 Å². The first-order valence-electron chi connectivity index (χ1n) is 11.8. The van der Waals surface area contributed by atoms with Crippen molar-refractivity contribution in [2.75, 3.05) is 6.61 Å². The van der Waals surface area contributed by atoms with E-state index in [4.69, 9.17) is 9.84 Å². The van der Waals surface area contributed by atoms with Gasteiger partial charge in [0.15, 0.2) is 0 Å². The maximum Gasteiger partial charge on any atom is 0.339 e.